The second kappa shape index (κ2) is 2.33. The van der Waals surface area contributed by atoms with Crippen LogP contribution in [0.5, 0.6) is 0 Å². The third-order valence-corrected chi connectivity index (χ3v) is 2.87. The Labute approximate surface area is 58.8 Å². The minimum atomic E-state index is 1.03. The topological polar surface area (TPSA) is 0 Å². The van der Waals surface area contributed by atoms with Crippen LogP contribution in [0, 0.1) is 5.92 Å². The van der Waals surface area contributed by atoms with Gasteiger partial charge in [0.15, 0.2) is 3.92 Å². The van der Waals surface area contributed by atoms with Crippen molar-refractivity contribution in [1.29, 1.82) is 0 Å². The molecule has 0 bridgehead atoms. The summed E-state index contributed by atoms with van der Waals surface area (Å²) in [6.45, 7) is 2.35. The van der Waals surface area contributed by atoms with Gasteiger partial charge in [0.2, 0.25) is 0 Å². The SMILES string of the molecule is C[C@@H]1CCC([IH+])C1. The maximum atomic E-state index is 2.35. The molecule has 1 rings (SSSR count). The second-order valence-electron chi connectivity index (χ2n) is 2.54. The monoisotopic (exact) mass is 211 g/mol. The Morgan fingerprint density at radius 1 is 1.43 bits per heavy atom. The molecule has 1 aliphatic rings. The molecule has 1 fully saturated rings. The molecular formula is C6H12I+. The number of hydrogen-bond acceptors (Lipinski definition) is 0. The Balaban J connectivity index is 2.26. The molecule has 0 aromatic rings. The molecule has 42 valence electrons. The van der Waals surface area contributed by atoms with Crippen molar-refractivity contribution in [3.63, 3.8) is 0 Å². The minimum absolute atomic E-state index is 1.03. The zero-order chi connectivity index (χ0) is 5.28. The molecule has 0 radical (unpaired) electrons. The Morgan fingerprint density at radius 2 is 2.14 bits per heavy atom. The summed E-state index contributed by atoms with van der Waals surface area (Å²) in [5.74, 6) is 1.03. The van der Waals surface area contributed by atoms with Crippen LogP contribution in [0.4, 0.5) is 0 Å². The summed E-state index contributed by atoms with van der Waals surface area (Å²) in [6, 6.07) is 0. The zero-order valence-electron chi connectivity index (χ0n) is 4.68. The zero-order valence-corrected chi connectivity index (χ0v) is 7.01. The number of hydrogen-bond donors (Lipinski definition) is 0. The first kappa shape index (κ1) is 5.86. The van der Waals surface area contributed by atoms with Crippen LogP contribution in [0.1, 0.15) is 26.2 Å². The largest absolute Gasteiger partial charge is 0.255 e. The van der Waals surface area contributed by atoms with Crippen LogP contribution in [-0.2, 0) is 0 Å². The number of rotatable bonds is 0. The highest BCUT2D eigenvalue weighted by molar-refractivity contribution is 4.69. The molecule has 0 nitrogen and oxygen atoms in total. The van der Waals surface area contributed by atoms with Gasteiger partial charge >= 0.3 is 0 Å². The van der Waals surface area contributed by atoms with Gasteiger partial charge in [0.05, 0.1) is 0 Å². The van der Waals surface area contributed by atoms with Crippen LogP contribution < -0.4 is 22.6 Å². The lowest BCUT2D eigenvalue weighted by Gasteiger charge is -1.91. The number of alkyl halides is 1. The van der Waals surface area contributed by atoms with Crippen LogP contribution in [0.2, 0.25) is 0 Å². The van der Waals surface area contributed by atoms with E-state index >= 15 is 0 Å². The third kappa shape index (κ3) is 1.59. The van der Waals surface area contributed by atoms with E-state index in [1.54, 1.807) is 0 Å². The molecule has 1 unspecified atom stereocenters. The molecule has 2 atom stereocenters. The van der Waals surface area contributed by atoms with Gasteiger partial charge in [-0.1, -0.05) is 6.92 Å². The molecule has 0 N–H and O–H groups in total. The fourth-order valence-electron chi connectivity index (χ4n) is 1.15. The Morgan fingerprint density at radius 3 is 2.29 bits per heavy atom. The summed E-state index contributed by atoms with van der Waals surface area (Å²) in [5.41, 5.74) is 0. The van der Waals surface area contributed by atoms with Gasteiger partial charge in [-0.2, -0.15) is 0 Å². The van der Waals surface area contributed by atoms with Crippen LogP contribution in [0.3, 0.4) is 0 Å². The van der Waals surface area contributed by atoms with Gasteiger partial charge in [-0.3, -0.25) is 0 Å². The molecule has 7 heavy (non-hydrogen) atoms. The van der Waals surface area contributed by atoms with E-state index in [0.717, 1.165) is 9.84 Å². The normalized spacial score (nSPS) is 42.0. The Bertz CT molecular complexity index is 53.2. The molecule has 1 saturated carbocycles. The summed E-state index contributed by atoms with van der Waals surface area (Å²) in [5, 5.41) is 0. The fraction of sp³-hybridized carbons (Fsp3) is 1.00. The lowest BCUT2D eigenvalue weighted by Crippen LogP contribution is -3.38. The van der Waals surface area contributed by atoms with Gasteiger partial charge < -0.3 is 0 Å². The smallest absolute Gasteiger partial charge is 0.0623 e. The summed E-state index contributed by atoms with van der Waals surface area (Å²) in [4.78, 5) is 0. The first-order chi connectivity index (χ1) is 3.29. The number of halogens is 1. The second-order valence-corrected chi connectivity index (χ2v) is 4.44. The standard InChI is InChI=1S/C6H12I/c1-5-2-3-6(7)4-5/h5-7H,2-4H2,1H3/q+1/t5-,6?/m1/s1. The van der Waals surface area contributed by atoms with Crippen molar-refractivity contribution in [1.82, 2.24) is 0 Å². The van der Waals surface area contributed by atoms with E-state index in [-0.39, 0.29) is 0 Å². The molecule has 0 spiro atoms. The highest BCUT2D eigenvalue weighted by Gasteiger charge is 2.23. The summed E-state index contributed by atoms with van der Waals surface area (Å²) >= 11 is 2.29. The van der Waals surface area contributed by atoms with Crippen molar-refractivity contribution in [2.75, 3.05) is 0 Å². The van der Waals surface area contributed by atoms with Crippen LogP contribution >= 0.6 is 0 Å². The Kier molecular flexibility index (Phi) is 1.95. The van der Waals surface area contributed by atoms with Crippen molar-refractivity contribution >= 4 is 0 Å². The first-order valence-corrected chi connectivity index (χ1v) is 4.29. The summed E-state index contributed by atoms with van der Waals surface area (Å²) < 4.78 is 1.03. The van der Waals surface area contributed by atoms with Crippen LogP contribution in [-0.4, -0.2) is 3.92 Å². The van der Waals surface area contributed by atoms with Gasteiger partial charge in [0.1, 0.15) is 0 Å². The molecule has 0 heterocycles. The third-order valence-electron chi connectivity index (χ3n) is 1.65. The van der Waals surface area contributed by atoms with Gasteiger partial charge in [0.25, 0.3) is 22.6 Å². The first-order valence-electron chi connectivity index (χ1n) is 2.95. The average molecular weight is 211 g/mol. The quantitative estimate of drug-likeness (QED) is 0.336. The highest BCUT2D eigenvalue weighted by atomic mass is 127. The van der Waals surface area contributed by atoms with Gasteiger partial charge in [-0.25, -0.2) is 0 Å². The maximum absolute atomic E-state index is 2.35. The molecule has 0 aromatic heterocycles. The molecule has 1 aliphatic carbocycles. The van der Waals surface area contributed by atoms with Crippen LogP contribution in [0.15, 0.2) is 0 Å². The predicted molar refractivity (Wildman–Crippen MR) is 28.2 cm³/mol. The van der Waals surface area contributed by atoms with E-state index in [1.807, 2.05) is 0 Å². The minimum Gasteiger partial charge on any atom is -0.0623 e. The molecule has 0 aliphatic heterocycles. The molecule has 0 saturated heterocycles. The molecule has 0 amide bonds. The van der Waals surface area contributed by atoms with E-state index in [2.05, 4.69) is 29.5 Å². The van der Waals surface area contributed by atoms with E-state index in [9.17, 15) is 0 Å². The molecular weight excluding hydrogens is 199 g/mol. The van der Waals surface area contributed by atoms with Gasteiger partial charge in [0, 0.05) is 0 Å². The fourth-order valence-corrected chi connectivity index (χ4v) is 2.48. The molecule has 0 aromatic carbocycles. The van der Waals surface area contributed by atoms with E-state index in [1.165, 1.54) is 19.3 Å². The van der Waals surface area contributed by atoms with Crippen molar-refractivity contribution < 1.29 is 22.6 Å². The van der Waals surface area contributed by atoms with Gasteiger partial charge in [-0.15, -0.1) is 0 Å². The predicted octanol–water partition coefficient (Wildman–Crippen LogP) is -1.54. The highest BCUT2D eigenvalue weighted by Crippen LogP contribution is 2.20. The van der Waals surface area contributed by atoms with Crippen molar-refractivity contribution in [3.8, 4) is 0 Å². The Hall–Kier alpha value is 0.730. The maximum Gasteiger partial charge on any atom is 0.255 e. The lowest BCUT2D eigenvalue weighted by atomic mass is 10.2. The van der Waals surface area contributed by atoms with Crippen LogP contribution in [0.25, 0.3) is 0 Å². The lowest BCUT2D eigenvalue weighted by molar-refractivity contribution is -0.417. The van der Waals surface area contributed by atoms with Crippen molar-refractivity contribution in [2.45, 2.75) is 30.1 Å². The summed E-state index contributed by atoms with van der Waals surface area (Å²) in [7, 11) is 0. The van der Waals surface area contributed by atoms with E-state index < -0.39 is 0 Å². The van der Waals surface area contributed by atoms with Crippen molar-refractivity contribution in [3.05, 3.63) is 0 Å². The molecule has 1 heteroatoms. The van der Waals surface area contributed by atoms with Crippen molar-refractivity contribution in [2.24, 2.45) is 5.92 Å². The average Bonchev–Trinajstić information content (AvgIpc) is 1.87. The van der Waals surface area contributed by atoms with E-state index in [0.29, 0.717) is 0 Å². The summed E-state index contributed by atoms with van der Waals surface area (Å²) in [6.07, 6.45) is 4.43. The van der Waals surface area contributed by atoms with E-state index in [4.69, 9.17) is 0 Å². The van der Waals surface area contributed by atoms with Gasteiger partial charge in [-0.05, 0) is 25.2 Å².